The van der Waals surface area contributed by atoms with Crippen molar-refractivity contribution in [3.05, 3.63) is 58.1 Å². The summed E-state index contributed by atoms with van der Waals surface area (Å²) in [6.07, 6.45) is 0. The molecular weight excluding hydrogens is 304 g/mol. The van der Waals surface area contributed by atoms with Gasteiger partial charge < -0.3 is 10.5 Å². The van der Waals surface area contributed by atoms with Gasteiger partial charge in [-0.05, 0) is 24.3 Å². The van der Waals surface area contributed by atoms with Gasteiger partial charge in [-0.25, -0.2) is 8.78 Å². The molecule has 94 valence electrons. The second kappa shape index (κ2) is 5.46. The number of hydrogen-bond acceptors (Lipinski definition) is 2. The van der Waals surface area contributed by atoms with Crippen molar-refractivity contribution in [1.82, 2.24) is 0 Å². The van der Waals surface area contributed by atoms with Gasteiger partial charge in [0.25, 0.3) is 0 Å². The van der Waals surface area contributed by atoms with Crippen LogP contribution in [0.4, 0.5) is 8.78 Å². The maximum atomic E-state index is 13.5. The third-order valence-corrected chi connectivity index (χ3v) is 3.14. The molecule has 0 saturated carbocycles. The summed E-state index contributed by atoms with van der Waals surface area (Å²) in [4.78, 5) is 0. The summed E-state index contributed by atoms with van der Waals surface area (Å²) >= 11 is 3.33. The smallest absolute Gasteiger partial charge is 0.165 e. The van der Waals surface area contributed by atoms with Gasteiger partial charge in [0.1, 0.15) is 11.6 Å². The molecular formula is C13H10BrF2NO. The van der Waals surface area contributed by atoms with Crippen LogP contribution >= 0.6 is 15.9 Å². The Kier molecular flexibility index (Phi) is 3.93. The second-order valence-corrected chi connectivity index (χ2v) is 4.45. The van der Waals surface area contributed by atoms with Gasteiger partial charge in [0.2, 0.25) is 0 Å². The summed E-state index contributed by atoms with van der Waals surface area (Å²) in [6, 6.07) is 8.23. The molecule has 0 amide bonds. The molecule has 0 saturated heterocycles. The Morgan fingerprint density at radius 3 is 2.61 bits per heavy atom. The minimum Gasteiger partial charge on any atom is -0.454 e. The lowest BCUT2D eigenvalue weighted by atomic mass is 10.2. The summed E-state index contributed by atoms with van der Waals surface area (Å²) in [6.45, 7) is 0.230. The maximum absolute atomic E-state index is 13.5. The zero-order valence-corrected chi connectivity index (χ0v) is 10.9. The minimum absolute atomic E-state index is 0.164. The number of hydrogen-bond donors (Lipinski definition) is 1. The number of halogens is 3. The summed E-state index contributed by atoms with van der Waals surface area (Å²) in [5.74, 6) is -0.950. The van der Waals surface area contributed by atoms with Crippen LogP contribution in [0, 0.1) is 11.6 Å². The molecule has 2 nitrogen and oxygen atoms in total. The van der Waals surface area contributed by atoms with E-state index in [4.69, 9.17) is 10.5 Å². The molecule has 0 aliphatic heterocycles. The molecule has 2 aromatic carbocycles. The van der Waals surface area contributed by atoms with Crippen molar-refractivity contribution < 1.29 is 13.5 Å². The van der Waals surface area contributed by atoms with E-state index >= 15 is 0 Å². The Morgan fingerprint density at radius 1 is 1.11 bits per heavy atom. The van der Waals surface area contributed by atoms with Crippen LogP contribution in [-0.4, -0.2) is 0 Å². The quantitative estimate of drug-likeness (QED) is 0.930. The Balaban J connectivity index is 2.40. The average molecular weight is 314 g/mol. The van der Waals surface area contributed by atoms with Gasteiger partial charge in [-0.2, -0.15) is 0 Å². The lowest BCUT2D eigenvalue weighted by Gasteiger charge is -2.12. The van der Waals surface area contributed by atoms with Crippen molar-refractivity contribution in [3.8, 4) is 11.5 Å². The molecule has 0 fully saturated rings. The van der Waals surface area contributed by atoms with Crippen LogP contribution in [0.3, 0.4) is 0 Å². The molecule has 18 heavy (non-hydrogen) atoms. The summed E-state index contributed by atoms with van der Waals surface area (Å²) in [7, 11) is 0. The highest BCUT2D eigenvalue weighted by molar-refractivity contribution is 9.10. The van der Waals surface area contributed by atoms with Crippen LogP contribution < -0.4 is 10.5 Å². The predicted molar refractivity (Wildman–Crippen MR) is 68.5 cm³/mol. The molecule has 0 heterocycles. The van der Waals surface area contributed by atoms with Gasteiger partial charge in [-0.3, -0.25) is 0 Å². The maximum Gasteiger partial charge on any atom is 0.165 e. The van der Waals surface area contributed by atoms with E-state index in [2.05, 4.69) is 15.9 Å². The van der Waals surface area contributed by atoms with Crippen LogP contribution in [0.15, 0.2) is 40.9 Å². The first-order valence-electron chi connectivity index (χ1n) is 5.22. The second-order valence-electron chi connectivity index (χ2n) is 3.60. The molecule has 2 rings (SSSR count). The Bertz CT molecular complexity index is 575. The fourth-order valence-electron chi connectivity index (χ4n) is 1.51. The zero-order valence-electron chi connectivity index (χ0n) is 9.29. The molecule has 0 radical (unpaired) electrons. The minimum atomic E-state index is -0.626. The molecule has 0 bridgehead atoms. The van der Waals surface area contributed by atoms with E-state index in [-0.39, 0.29) is 12.3 Å². The zero-order chi connectivity index (χ0) is 13.1. The van der Waals surface area contributed by atoms with Crippen molar-refractivity contribution in [1.29, 1.82) is 0 Å². The van der Waals surface area contributed by atoms with Crippen molar-refractivity contribution in [2.45, 2.75) is 6.54 Å². The number of ether oxygens (including phenoxy) is 1. The topological polar surface area (TPSA) is 35.2 Å². The molecule has 5 heteroatoms. The highest BCUT2D eigenvalue weighted by Crippen LogP contribution is 2.31. The molecule has 2 N–H and O–H groups in total. The van der Waals surface area contributed by atoms with Crippen LogP contribution in [0.2, 0.25) is 0 Å². The van der Waals surface area contributed by atoms with Gasteiger partial charge in [-0.15, -0.1) is 0 Å². The van der Waals surface area contributed by atoms with Gasteiger partial charge in [0.15, 0.2) is 11.6 Å². The fourth-order valence-corrected chi connectivity index (χ4v) is 2.02. The van der Waals surface area contributed by atoms with E-state index in [1.807, 2.05) is 0 Å². The lowest BCUT2D eigenvalue weighted by Crippen LogP contribution is -2.01. The van der Waals surface area contributed by atoms with Crippen molar-refractivity contribution in [3.63, 3.8) is 0 Å². The normalized spacial score (nSPS) is 10.4. The molecule has 0 unspecified atom stereocenters. The van der Waals surface area contributed by atoms with Crippen molar-refractivity contribution in [2.24, 2.45) is 5.73 Å². The highest BCUT2D eigenvalue weighted by atomic mass is 79.9. The Hall–Kier alpha value is -1.46. The van der Waals surface area contributed by atoms with E-state index in [0.29, 0.717) is 11.3 Å². The van der Waals surface area contributed by atoms with Crippen molar-refractivity contribution in [2.75, 3.05) is 0 Å². The summed E-state index contributed by atoms with van der Waals surface area (Å²) < 4.78 is 32.6. The predicted octanol–water partition coefficient (Wildman–Crippen LogP) is 3.98. The van der Waals surface area contributed by atoms with Crippen LogP contribution in [0.5, 0.6) is 11.5 Å². The first-order chi connectivity index (χ1) is 8.61. The first-order valence-corrected chi connectivity index (χ1v) is 6.01. The summed E-state index contributed by atoms with van der Waals surface area (Å²) in [5.41, 5.74) is 6.29. The molecule has 0 aliphatic rings. The van der Waals surface area contributed by atoms with Crippen LogP contribution in [0.25, 0.3) is 0 Å². The van der Waals surface area contributed by atoms with Gasteiger partial charge >= 0.3 is 0 Å². The Labute approximate surface area is 112 Å². The molecule has 0 atom stereocenters. The van der Waals surface area contributed by atoms with Crippen LogP contribution in [-0.2, 0) is 6.54 Å². The van der Waals surface area contributed by atoms with E-state index in [1.165, 1.54) is 0 Å². The van der Waals surface area contributed by atoms with Gasteiger partial charge in [-0.1, -0.05) is 22.0 Å². The van der Waals surface area contributed by atoms with Crippen molar-refractivity contribution >= 4 is 15.9 Å². The third-order valence-electron chi connectivity index (χ3n) is 2.39. The fraction of sp³-hybridized carbons (Fsp3) is 0.0769. The van der Waals surface area contributed by atoms with E-state index in [9.17, 15) is 8.78 Å². The monoisotopic (exact) mass is 313 g/mol. The first kappa shape index (κ1) is 13.0. The summed E-state index contributed by atoms with van der Waals surface area (Å²) in [5, 5.41) is 0. The molecule has 0 spiro atoms. The highest BCUT2D eigenvalue weighted by Gasteiger charge is 2.11. The van der Waals surface area contributed by atoms with E-state index in [0.717, 1.165) is 22.7 Å². The average Bonchev–Trinajstić information content (AvgIpc) is 2.34. The molecule has 0 aliphatic carbocycles. The van der Waals surface area contributed by atoms with E-state index in [1.54, 1.807) is 18.2 Å². The van der Waals surface area contributed by atoms with Gasteiger partial charge in [0.05, 0.1) is 0 Å². The third kappa shape index (κ3) is 2.68. The molecule has 2 aromatic rings. The standard InChI is InChI=1S/C13H10BrF2NO/c14-10-2-1-3-12(9(10)7-17)18-13-6-8(15)4-5-11(13)16/h1-6H,7,17H2. The SMILES string of the molecule is NCc1c(Br)cccc1Oc1cc(F)ccc1F. The van der Waals surface area contributed by atoms with E-state index < -0.39 is 11.6 Å². The number of benzene rings is 2. The number of rotatable bonds is 3. The van der Waals surface area contributed by atoms with Crippen LogP contribution in [0.1, 0.15) is 5.56 Å². The van der Waals surface area contributed by atoms with Gasteiger partial charge in [0, 0.05) is 22.6 Å². The Morgan fingerprint density at radius 2 is 1.89 bits per heavy atom. The largest absolute Gasteiger partial charge is 0.454 e. The molecule has 0 aromatic heterocycles. The number of nitrogens with two attached hydrogens (primary N) is 1. The lowest BCUT2D eigenvalue weighted by molar-refractivity contribution is 0.432.